The van der Waals surface area contributed by atoms with Crippen molar-refractivity contribution in [2.45, 2.75) is 19.8 Å². The Morgan fingerprint density at radius 3 is 2.63 bits per heavy atom. The average molecular weight is 256 g/mol. The summed E-state index contributed by atoms with van der Waals surface area (Å²) in [4.78, 5) is 0. The minimum absolute atomic E-state index is 0.465. The molecular weight excluding hydrogens is 242 g/mol. The Morgan fingerprint density at radius 1 is 1.05 bits per heavy atom. The van der Waals surface area contributed by atoms with E-state index in [4.69, 9.17) is 0 Å². The van der Waals surface area contributed by atoms with Crippen LogP contribution in [0, 0.1) is 11.6 Å². The number of fused-ring (bicyclic) bond motifs is 1. The number of halogens is 2. The SMILES string of the molecule is CCC1=Cc2c(cccc2-c2ccc(F)cc2F)C1. The number of allylic oxidation sites excluding steroid dienone is 1. The molecule has 0 unspecified atom stereocenters. The fourth-order valence-electron chi connectivity index (χ4n) is 2.61. The average Bonchev–Trinajstić information content (AvgIpc) is 2.82. The molecule has 0 bridgehead atoms. The molecule has 19 heavy (non-hydrogen) atoms. The third-order valence-electron chi connectivity index (χ3n) is 3.64. The number of rotatable bonds is 2. The van der Waals surface area contributed by atoms with E-state index in [1.807, 2.05) is 12.1 Å². The van der Waals surface area contributed by atoms with Crippen molar-refractivity contribution in [1.82, 2.24) is 0 Å². The highest BCUT2D eigenvalue weighted by atomic mass is 19.1. The van der Waals surface area contributed by atoms with E-state index < -0.39 is 11.6 Å². The fourth-order valence-corrected chi connectivity index (χ4v) is 2.61. The highest BCUT2D eigenvalue weighted by Gasteiger charge is 2.17. The van der Waals surface area contributed by atoms with Gasteiger partial charge in [0.2, 0.25) is 0 Å². The van der Waals surface area contributed by atoms with E-state index in [9.17, 15) is 8.78 Å². The van der Waals surface area contributed by atoms with Crippen LogP contribution in [0.5, 0.6) is 0 Å². The van der Waals surface area contributed by atoms with Gasteiger partial charge in [-0.3, -0.25) is 0 Å². The van der Waals surface area contributed by atoms with Crippen LogP contribution in [-0.4, -0.2) is 0 Å². The molecule has 0 N–H and O–H groups in total. The van der Waals surface area contributed by atoms with Crippen LogP contribution < -0.4 is 0 Å². The lowest BCUT2D eigenvalue weighted by atomic mass is 9.97. The minimum Gasteiger partial charge on any atom is -0.207 e. The third-order valence-corrected chi connectivity index (χ3v) is 3.64. The van der Waals surface area contributed by atoms with Gasteiger partial charge in [0.05, 0.1) is 0 Å². The first kappa shape index (κ1) is 12.1. The first-order valence-corrected chi connectivity index (χ1v) is 6.46. The third kappa shape index (κ3) is 2.07. The number of hydrogen-bond donors (Lipinski definition) is 0. The van der Waals surface area contributed by atoms with Crippen LogP contribution in [0.3, 0.4) is 0 Å². The smallest absolute Gasteiger partial charge is 0.133 e. The number of benzene rings is 2. The van der Waals surface area contributed by atoms with Crippen molar-refractivity contribution in [1.29, 1.82) is 0 Å². The second-order valence-electron chi connectivity index (χ2n) is 4.84. The Morgan fingerprint density at radius 2 is 1.89 bits per heavy atom. The quantitative estimate of drug-likeness (QED) is 0.710. The lowest BCUT2D eigenvalue weighted by molar-refractivity contribution is 0.585. The van der Waals surface area contributed by atoms with Gasteiger partial charge < -0.3 is 0 Å². The molecule has 2 aromatic carbocycles. The molecule has 2 aromatic rings. The lowest BCUT2D eigenvalue weighted by Crippen LogP contribution is -1.91. The van der Waals surface area contributed by atoms with Crippen LogP contribution >= 0.6 is 0 Å². The molecule has 2 heteroatoms. The molecule has 0 aliphatic heterocycles. The normalized spacial score (nSPS) is 13.3. The topological polar surface area (TPSA) is 0 Å². The molecule has 0 saturated carbocycles. The van der Waals surface area contributed by atoms with Gasteiger partial charge in [0.25, 0.3) is 0 Å². The number of hydrogen-bond acceptors (Lipinski definition) is 0. The maximum absolute atomic E-state index is 13.9. The molecule has 1 aliphatic carbocycles. The zero-order chi connectivity index (χ0) is 13.4. The molecule has 0 atom stereocenters. The van der Waals surface area contributed by atoms with E-state index in [0.29, 0.717) is 5.56 Å². The van der Waals surface area contributed by atoms with Gasteiger partial charge in [-0.05, 0) is 41.7 Å². The van der Waals surface area contributed by atoms with Gasteiger partial charge in [-0.25, -0.2) is 8.78 Å². The lowest BCUT2D eigenvalue weighted by Gasteiger charge is -2.09. The summed E-state index contributed by atoms with van der Waals surface area (Å²) >= 11 is 0. The van der Waals surface area contributed by atoms with Crippen LogP contribution in [0.4, 0.5) is 8.78 Å². The Hall–Kier alpha value is -1.96. The molecule has 96 valence electrons. The summed E-state index contributed by atoms with van der Waals surface area (Å²) < 4.78 is 26.9. The molecule has 0 aromatic heterocycles. The molecule has 0 saturated heterocycles. The minimum atomic E-state index is -0.543. The molecule has 0 heterocycles. The van der Waals surface area contributed by atoms with E-state index >= 15 is 0 Å². The van der Waals surface area contributed by atoms with E-state index in [1.165, 1.54) is 23.3 Å². The summed E-state index contributed by atoms with van der Waals surface area (Å²) in [7, 11) is 0. The van der Waals surface area contributed by atoms with E-state index in [2.05, 4.69) is 19.1 Å². The molecule has 3 rings (SSSR count). The van der Waals surface area contributed by atoms with Gasteiger partial charge in [-0.15, -0.1) is 0 Å². The highest BCUT2D eigenvalue weighted by molar-refractivity contribution is 5.81. The molecule has 0 radical (unpaired) electrons. The Bertz CT molecular complexity index is 669. The Labute approximate surface area is 111 Å². The van der Waals surface area contributed by atoms with Crippen LogP contribution in [-0.2, 0) is 6.42 Å². The fraction of sp³-hybridized carbons (Fsp3) is 0.176. The predicted molar refractivity (Wildman–Crippen MR) is 73.8 cm³/mol. The van der Waals surface area contributed by atoms with Crippen molar-refractivity contribution >= 4 is 6.08 Å². The standard InChI is InChI=1S/C17H14F2/c1-2-11-8-12-4-3-5-14(16(12)9-11)15-7-6-13(18)10-17(15)19/h3-7,9-10H,2,8H2,1H3. The molecule has 0 amide bonds. The van der Waals surface area contributed by atoms with Crippen molar-refractivity contribution < 1.29 is 8.78 Å². The zero-order valence-electron chi connectivity index (χ0n) is 10.7. The summed E-state index contributed by atoms with van der Waals surface area (Å²) in [5.74, 6) is -1.05. The van der Waals surface area contributed by atoms with E-state index in [-0.39, 0.29) is 0 Å². The van der Waals surface area contributed by atoms with Crippen LogP contribution in [0.15, 0.2) is 42.0 Å². The predicted octanol–water partition coefficient (Wildman–Crippen LogP) is 4.98. The van der Waals surface area contributed by atoms with Gasteiger partial charge in [0.1, 0.15) is 11.6 Å². The van der Waals surface area contributed by atoms with Gasteiger partial charge in [0, 0.05) is 11.6 Å². The van der Waals surface area contributed by atoms with Crippen LogP contribution in [0.25, 0.3) is 17.2 Å². The van der Waals surface area contributed by atoms with Crippen molar-refractivity contribution in [2.24, 2.45) is 0 Å². The maximum Gasteiger partial charge on any atom is 0.133 e. The summed E-state index contributed by atoms with van der Waals surface area (Å²) in [5, 5.41) is 0. The summed E-state index contributed by atoms with van der Waals surface area (Å²) in [6.07, 6.45) is 4.07. The first-order chi connectivity index (χ1) is 9.19. The molecule has 0 fully saturated rings. The van der Waals surface area contributed by atoms with Gasteiger partial charge in [-0.1, -0.05) is 36.8 Å². The van der Waals surface area contributed by atoms with Crippen molar-refractivity contribution in [3.63, 3.8) is 0 Å². The monoisotopic (exact) mass is 256 g/mol. The Balaban J connectivity index is 2.17. The van der Waals surface area contributed by atoms with Crippen LogP contribution in [0.2, 0.25) is 0 Å². The van der Waals surface area contributed by atoms with E-state index in [0.717, 1.165) is 30.0 Å². The second-order valence-corrected chi connectivity index (χ2v) is 4.84. The molecule has 1 aliphatic rings. The van der Waals surface area contributed by atoms with E-state index in [1.54, 1.807) is 0 Å². The maximum atomic E-state index is 13.9. The second kappa shape index (κ2) is 4.61. The highest BCUT2D eigenvalue weighted by Crippen LogP contribution is 2.35. The summed E-state index contributed by atoms with van der Waals surface area (Å²) in [5.41, 5.74) is 4.96. The summed E-state index contributed by atoms with van der Waals surface area (Å²) in [6.45, 7) is 2.12. The van der Waals surface area contributed by atoms with Gasteiger partial charge in [-0.2, -0.15) is 0 Å². The first-order valence-electron chi connectivity index (χ1n) is 6.46. The largest absolute Gasteiger partial charge is 0.207 e. The molecule has 0 spiro atoms. The van der Waals surface area contributed by atoms with Crippen molar-refractivity contribution in [3.05, 3.63) is 64.7 Å². The molecule has 0 nitrogen and oxygen atoms in total. The summed E-state index contributed by atoms with van der Waals surface area (Å²) in [6, 6.07) is 9.65. The van der Waals surface area contributed by atoms with Gasteiger partial charge >= 0.3 is 0 Å². The Kier molecular flexibility index (Phi) is 2.94. The van der Waals surface area contributed by atoms with Crippen molar-refractivity contribution in [3.8, 4) is 11.1 Å². The van der Waals surface area contributed by atoms with Gasteiger partial charge in [0.15, 0.2) is 0 Å². The zero-order valence-corrected chi connectivity index (χ0v) is 10.7. The van der Waals surface area contributed by atoms with Crippen molar-refractivity contribution in [2.75, 3.05) is 0 Å². The molecular formula is C17H14F2. The van der Waals surface area contributed by atoms with Crippen LogP contribution in [0.1, 0.15) is 24.5 Å².